The number of para-hydroxylation sites is 1. The van der Waals surface area contributed by atoms with Gasteiger partial charge in [0.25, 0.3) is 5.91 Å². The van der Waals surface area contributed by atoms with Crippen LogP contribution >= 0.6 is 0 Å². The van der Waals surface area contributed by atoms with Crippen LogP contribution in [-0.2, 0) is 22.7 Å². The molecule has 1 saturated heterocycles. The molecule has 2 aromatic rings. The monoisotopic (exact) mass is 360 g/mol. The average Bonchev–Trinajstić information content (AvgIpc) is 3.04. The molecule has 5 nitrogen and oxygen atoms in total. The summed E-state index contributed by atoms with van der Waals surface area (Å²) < 4.78 is 23.5. The smallest absolute Gasteiger partial charge is 0.256 e. The molecule has 0 bridgehead atoms. The van der Waals surface area contributed by atoms with Gasteiger partial charge in [-0.15, -0.1) is 0 Å². The highest BCUT2D eigenvalue weighted by atomic mass is 32.2. The van der Waals surface area contributed by atoms with Crippen molar-refractivity contribution in [1.82, 2.24) is 9.88 Å². The number of fused-ring (bicyclic) bond motifs is 3. The van der Waals surface area contributed by atoms with E-state index in [0.717, 1.165) is 23.7 Å². The molecular formula is C19H24N2O3S. The summed E-state index contributed by atoms with van der Waals surface area (Å²) in [6.45, 7) is 0. The largest absolute Gasteiger partial charge is 0.358 e. The topological polar surface area (TPSA) is 70.2 Å². The second-order valence-electron chi connectivity index (χ2n) is 7.34. The summed E-state index contributed by atoms with van der Waals surface area (Å²) in [6, 6.07) is 5.65. The van der Waals surface area contributed by atoms with E-state index in [9.17, 15) is 13.2 Å². The Hall–Kier alpha value is -1.82. The lowest BCUT2D eigenvalue weighted by Gasteiger charge is -2.23. The van der Waals surface area contributed by atoms with E-state index in [0.29, 0.717) is 12.0 Å². The van der Waals surface area contributed by atoms with Gasteiger partial charge in [-0.05, 0) is 43.7 Å². The van der Waals surface area contributed by atoms with Crippen LogP contribution in [0.1, 0.15) is 47.3 Å². The standard InChI is InChI=1S/C19H24N2O3S/c1-21(13-10-11-25(23,24)12-13)19(22)16-8-5-7-15-14-6-3-2-4-9-17(14)20-18(15)16/h5,7-8,13,20H,2-4,6,9-12H2,1H3. The van der Waals surface area contributed by atoms with Crippen molar-refractivity contribution in [2.24, 2.45) is 0 Å². The first kappa shape index (κ1) is 16.6. The van der Waals surface area contributed by atoms with Gasteiger partial charge in [0.2, 0.25) is 0 Å². The van der Waals surface area contributed by atoms with Crippen molar-refractivity contribution in [3.05, 3.63) is 35.0 Å². The normalized spacial score (nSPS) is 22.5. The average molecular weight is 360 g/mol. The molecule has 0 radical (unpaired) electrons. The quantitative estimate of drug-likeness (QED) is 0.837. The predicted molar refractivity (Wildman–Crippen MR) is 98.7 cm³/mol. The molecule has 1 aliphatic carbocycles. The summed E-state index contributed by atoms with van der Waals surface area (Å²) in [5.41, 5.74) is 4.18. The Balaban J connectivity index is 1.70. The van der Waals surface area contributed by atoms with Crippen molar-refractivity contribution < 1.29 is 13.2 Å². The van der Waals surface area contributed by atoms with Gasteiger partial charge in [0.1, 0.15) is 0 Å². The summed E-state index contributed by atoms with van der Waals surface area (Å²) in [4.78, 5) is 18.2. The second-order valence-corrected chi connectivity index (χ2v) is 9.57. The van der Waals surface area contributed by atoms with Crippen LogP contribution in [0.4, 0.5) is 0 Å². The number of H-pyrrole nitrogens is 1. The molecule has 0 spiro atoms. The highest BCUT2D eigenvalue weighted by Gasteiger charge is 2.33. The first-order chi connectivity index (χ1) is 12.0. The van der Waals surface area contributed by atoms with Crippen LogP contribution in [0.2, 0.25) is 0 Å². The van der Waals surface area contributed by atoms with Gasteiger partial charge in [-0.3, -0.25) is 4.79 Å². The maximum Gasteiger partial charge on any atom is 0.256 e. The number of sulfone groups is 1. The number of nitrogens with one attached hydrogen (secondary N) is 1. The Labute approximate surface area is 148 Å². The SMILES string of the molecule is CN(C(=O)c1cccc2c3c([nH]c12)CCCCC3)C1CCS(=O)(=O)C1. The minimum absolute atomic E-state index is 0.0758. The van der Waals surface area contributed by atoms with Crippen molar-refractivity contribution in [2.45, 2.75) is 44.6 Å². The van der Waals surface area contributed by atoms with Crippen LogP contribution in [-0.4, -0.2) is 48.8 Å². The van der Waals surface area contributed by atoms with E-state index in [2.05, 4.69) is 11.1 Å². The third-order valence-corrected chi connectivity index (χ3v) is 7.44. The zero-order valence-corrected chi connectivity index (χ0v) is 15.4. The lowest BCUT2D eigenvalue weighted by molar-refractivity contribution is 0.0749. The number of aryl methyl sites for hydroxylation is 2. The van der Waals surface area contributed by atoms with E-state index >= 15 is 0 Å². The molecule has 1 N–H and O–H groups in total. The number of nitrogens with zero attached hydrogens (tertiary/aromatic N) is 1. The predicted octanol–water partition coefficient (Wildman–Crippen LogP) is 2.70. The molecule has 1 aliphatic heterocycles. The number of amides is 1. The highest BCUT2D eigenvalue weighted by molar-refractivity contribution is 7.91. The molecule has 1 aromatic heterocycles. The minimum Gasteiger partial charge on any atom is -0.358 e. The van der Waals surface area contributed by atoms with Gasteiger partial charge in [-0.1, -0.05) is 18.6 Å². The van der Waals surface area contributed by atoms with Gasteiger partial charge in [0.15, 0.2) is 9.84 Å². The van der Waals surface area contributed by atoms with Gasteiger partial charge in [-0.25, -0.2) is 8.42 Å². The van der Waals surface area contributed by atoms with E-state index < -0.39 is 9.84 Å². The fourth-order valence-corrected chi connectivity index (χ4v) is 6.00. The van der Waals surface area contributed by atoms with Crippen molar-refractivity contribution in [2.75, 3.05) is 18.6 Å². The van der Waals surface area contributed by atoms with E-state index in [-0.39, 0.29) is 23.5 Å². The van der Waals surface area contributed by atoms with E-state index in [1.165, 1.54) is 30.5 Å². The molecule has 6 heteroatoms. The number of hydrogen-bond donors (Lipinski definition) is 1. The van der Waals surface area contributed by atoms with Gasteiger partial charge >= 0.3 is 0 Å². The van der Waals surface area contributed by atoms with Gasteiger partial charge in [-0.2, -0.15) is 0 Å². The lowest BCUT2D eigenvalue weighted by atomic mass is 10.0. The maximum atomic E-state index is 13.0. The summed E-state index contributed by atoms with van der Waals surface area (Å²) in [6.07, 6.45) is 6.25. The molecule has 1 atom stereocenters. The summed E-state index contributed by atoms with van der Waals surface area (Å²) in [7, 11) is -1.28. The molecule has 1 fully saturated rings. The molecule has 25 heavy (non-hydrogen) atoms. The maximum absolute atomic E-state index is 13.0. The van der Waals surface area contributed by atoms with Crippen LogP contribution in [0.5, 0.6) is 0 Å². The lowest BCUT2D eigenvalue weighted by Crippen LogP contribution is -2.37. The van der Waals surface area contributed by atoms with Crippen LogP contribution < -0.4 is 0 Å². The number of aromatic nitrogens is 1. The van der Waals surface area contributed by atoms with Gasteiger partial charge in [0, 0.05) is 24.2 Å². The molecule has 134 valence electrons. The Morgan fingerprint density at radius 1 is 1.20 bits per heavy atom. The molecule has 0 saturated carbocycles. The molecular weight excluding hydrogens is 336 g/mol. The van der Waals surface area contributed by atoms with Crippen molar-refractivity contribution in [3.63, 3.8) is 0 Å². The van der Waals surface area contributed by atoms with Crippen LogP contribution in [0.15, 0.2) is 18.2 Å². The first-order valence-electron chi connectivity index (χ1n) is 9.06. The van der Waals surface area contributed by atoms with Gasteiger partial charge in [0.05, 0.1) is 22.6 Å². The molecule has 2 aliphatic rings. The number of aromatic amines is 1. The molecule has 4 rings (SSSR count). The molecule has 1 unspecified atom stereocenters. The number of hydrogen-bond acceptors (Lipinski definition) is 3. The van der Waals surface area contributed by atoms with Crippen molar-refractivity contribution in [1.29, 1.82) is 0 Å². The molecule has 1 amide bonds. The fraction of sp³-hybridized carbons (Fsp3) is 0.526. The van der Waals surface area contributed by atoms with Crippen molar-refractivity contribution in [3.8, 4) is 0 Å². The molecule has 2 heterocycles. The Bertz CT molecular complexity index is 930. The summed E-state index contributed by atoms with van der Waals surface area (Å²) in [5.74, 6) is 0.159. The van der Waals surface area contributed by atoms with Gasteiger partial charge < -0.3 is 9.88 Å². The van der Waals surface area contributed by atoms with E-state index in [4.69, 9.17) is 0 Å². The molecule has 1 aromatic carbocycles. The first-order valence-corrected chi connectivity index (χ1v) is 10.9. The third kappa shape index (κ3) is 2.97. The fourth-order valence-electron chi connectivity index (χ4n) is 4.22. The number of benzene rings is 1. The minimum atomic E-state index is -3.01. The number of carbonyl (C=O) groups is 1. The van der Waals surface area contributed by atoms with Crippen LogP contribution in [0, 0.1) is 0 Å². The Morgan fingerprint density at radius 2 is 2.00 bits per heavy atom. The number of rotatable bonds is 2. The summed E-state index contributed by atoms with van der Waals surface area (Å²) >= 11 is 0. The second kappa shape index (κ2) is 6.16. The highest BCUT2D eigenvalue weighted by Crippen LogP contribution is 2.31. The number of carbonyl (C=O) groups excluding carboxylic acids is 1. The third-order valence-electron chi connectivity index (χ3n) is 5.69. The zero-order chi connectivity index (χ0) is 17.6. The zero-order valence-electron chi connectivity index (χ0n) is 14.5. The Morgan fingerprint density at radius 3 is 2.76 bits per heavy atom. The van der Waals surface area contributed by atoms with Crippen LogP contribution in [0.25, 0.3) is 10.9 Å². The van der Waals surface area contributed by atoms with Crippen LogP contribution in [0.3, 0.4) is 0 Å². The Kier molecular flexibility index (Phi) is 4.10. The van der Waals surface area contributed by atoms with E-state index in [1.54, 1.807) is 11.9 Å². The summed E-state index contributed by atoms with van der Waals surface area (Å²) in [5, 5.41) is 1.15. The van der Waals surface area contributed by atoms with Crippen molar-refractivity contribution >= 4 is 26.6 Å². The van der Waals surface area contributed by atoms with E-state index in [1.807, 2.05) is 12.1 Å².